The number of rotatable bonds is 4. The first kappa shape index (κ1) is 16.1. The fourth-order valence-electron chi connectivity index (χ4n) is 2.84. The van der Waals surface area contributed by atoms with Gasteiger partial charge in [0.25, 0.3) is 0 Å². The number of hydrogen-bond acceptors (Lipinski definition) is 7. The Labute approximate surface area is 140 Å². The number of carboxylic acid groups (broad SMARTS) is 1. The molecule has 1 N–H and O–H groups in total. The number of aryl methyl sites for hydroxylation is 1. The zero-order chi connectivity index (χ0) is 17.1. The predicted octanol–water partition coefficient (Wildman–Crippen LogP) is 1.38. The highest BCUT2D eigenvalue weighted by Crippen LogP contribution is 2.22. The SMILES string of the molecule is Cc1ccc(N(C)C2CCN(c3cnc(C(=O)O)cn3)CC2)nn1. The molecule has 8 heteroatoms. The fourth-order valence-corrected chi connectivity index (χ4v) is 2.84. The monoisotopic (exact) mass is 328 g/mol. The summed E-state index contributed by atoms with van der Waals surface area (Å²) in [6.07, 6.45) is 4.76. The van der Waals surface area contributed by atoms with Crippen molar-refractivity contribution in [2.45, 2.75) is 25.8 Å². The van der Waals surface area contributed by atoms with E-state index in [4.69, 9.17) is 5.11 Å². The van der Waals surface area contributed by atoms with Gasteiger partial charge in [0.1, 0.15) is 5.82 Å². The molecule has 3 heterocycles. The number of nitrogens with zero attached hydrogens (tertiary/aromatic N) is 6. The van der Waals surface area contributed by atoms with Gasteiger partial charge >= 0.3 is 5.97 Å². The number of aromatic carboxylic acids is 1. The van der Waals surface area contributed by atoms with Crippen LogP contribution in [0.2, 0.25) is 0 Å². The van der Waals surface area contributed by atoms with Crippen LogP contribution in [0.25, 0.3) is 0 Å². The second-order valence-corrected chi connectivity index (χ2v) is 5.93. The Morgan fingerprint density at radius 2 is 1.96 bits per heavy atom. The summed E-state index contributed by atoms with van der Waals surface area (Å²) in [6.45, 7) is 3.61. The Morgan fingerprint density at radius 3 is 2.50 bits per heavy atom. The van der Waals surface area contributed by atoms with Crippen LogP contribution in [-0.2, 0) is 0 Å². The molecule has 0 spiro atoms. The topological polar surface area (TPSA) is 95.3 Å². The third-order valence-corrected chi connectivity index (χ3v) is 4.34. The summed E-state index contributed by atoms with van der Waals surface area (Å²) in [4.78, 5) is 23.3. The lowest BCUT2D eigenvalue weighted by molar-refractivity contribution is 0.0690. The molecule has 2 aromatic heterocycles. The van der Waals surface area contributed by atoms with Crippen molar-refractivity contribution in [3.05, 3.63) is 35.9 Å². The minimum Gasteiger partial charge on any atom is -0.476 e. The smallest absolute Gasteiger partial charge is 0.356 e. The molecule has 2 aromatic rings. The number of carbonyl (C=O) groups is 1. The van der Waals surface area contributed by atoms with Crippen molar-refractivity contribution in [2.24, 2.45) is 0 Å². The van der Waals surface area contributed by atoms with Gasteiger partial charge in [0.15, 0.2) is 11.5 Å². The molecule has 0 amide bonds. The van der Waals surface area contributed by atoms with E-state index in [1.165, 1.54) is 12.4 Å². The third kappa shape index (κ3) is 3.42. The highest BCUT2D eigenvalue weighted by atomic mass is 16.4. The van der Waals surface area contributed by atoms with E-state index in [9.17, 15) is 4.79 Å². The lowest BCUT2D eigenvalue weighted by atomic mass is 10.0. The van der Waals surface area contributed by atoms with Crippen molar-refractivity contribution in [1.82, 2.24) is 20.2 Å². The van der Waals surface area contributed by atoms with Crippen LogP contribution in [-0.4, -0.2) is 57.4 Å². The molecule has 1 aliphatic rings. The normalized spacial score (nSPS) is 15.3. The van der Waals surface area contributed by atoms with Gasteiger partial charge in [-0.3, -0.25) is 0 Å². The molecule has 0 unspecified atom stereocenters. The summed E-state index contributed by atoms with van der Waals surface area (Å²) >= 11 is 0. The molecule has 0 atom stereocenters. The van der Waals surface area contributed by atoms with E-state index in [2.05, 4.69) is 30.0 Å². The minimum absolute atomic E-state index is 0.0358. The average Bonchev–Trinajstić information content (AvgIpc) is 2.62. The molecule has 0 radical (unpaired) electrons. The van der Waals surface area contributed by atoms with Gasteiger partial charge < -0.3 is 14.9 Å². The first-order valence-electron chi connectivity index (χ1n) is 7.88. The number of aromatic nitrogens is 4. The van der Waals surface area contributed by atoms with Crippen molar-refractivity contribution < 1.29 is 9.90 Å². The van der Waals surface area contributed by atoms with Crippen LogP contribution in [0.5, 0.6) is 0 Å². The van der Waals surface area contributed by atoms with Gasteiger partial charge in [-0.2, -0.15) is 5.10 Å². The van der Waals surface area contributed by atoms with Crippen LogP contribution < -0.4 is 9.80 Å². The van der Waals surface area contributed by atoms with Crippen molar-refractivity contribution in [1.29, 1.82) is 0 Å². The van der Waals surface area contributed by atoms with Gasteiger partial charge in [0, 0.05) is 26.2 Å². The van der Waals surface area contributed by atoms with Crippen molar-refractivity contribution >= 4 is 17.6 Å². The quantitative estimate of drug-likeness (QED) is 0.899. The summed E-state index contributed by atoms with van der Waals surface area (Å²) in [6, 6.07) is 4.35. The van der Waals surface area contributed by atoms with Gasteiger partial charge in [-0.15, -0.1) is 5.10 Å². The molecule has 126 valence electrons. The number of piperidine rings is 1. The maximum absolute atomic E-state index is 10.8. The highest BCUT2D eigenvalue weighted by Gasteiger charge is 2.24. The third-order valence-electron chi connectivity index (χ3n) is 4.34. The van der Waals surface area contributed by atoms with Crippen LogP contribution in [0.4, 0.5) is 11.6 Å². The Hall–Kier alpha value is -2.77. The van der Waals surface area contributed by atoms with Crippen molar-refractivity contribution in [3.63, 3.8) is 0 Å². The van der Waals surface area contributed by atoms with E-state index in [-0.39, 0.29) is 5.69 Å². The molecular formula is C16H20N6O2. The van der Waals surface area contributed by atoms with Crippen molar-refractivity contribution in [3.8, 4) is 0 Å². The Morgan fingerprint density at radius 1 is 1.21 bits per heavy atom. The van der Waals surface area contributed by atoms with Crippen LogP contribution in [0.1, 0.15) is 29.0 Å². The summed E-state index contributed by atoms with van der Waals surface area (Å²) < 4.78 is 0. The molecule has 0 aromatic carbocycles. The number of carboxylic acids is 1. The second-order valence-electron chi connectivity index (χ2n) is 5.93. The van der Waals surface area contributed by atoms with Crippen molar-refractivity contribution in [2.75, 3.05) is 29.9 Å². The summed E-state index contributed by atoms with van der Waals surface area (Å²) in [7, 11) is 2.04. The van der Waals surface area contributed by atoms with E-state index >= 15 is 0 Å². The van der Waals surface area contributed by atoms with E-state index in [0.29, 0.717) is 6.04 Å². The average molecular weight is 328 g/mol. The van der Waals surface area contributed by atoms with E-state index < -0.39 is 5.97 Å². The molecule has 8 nitrogen and oxygen atoms in total. The Balaban J connectivity index is 1.60. The zero-order valence-corrected chi connectivity index (χ0v) is 13.8. The fraction of sp³-hybridized carbons (Fsp3) is 0.438. The predicted molar refractivity (Wildman–Crippen MR) is 89.4 cm³/mol. The first-order chi connectivity index (χ1) is 11.5. The molecule has 0 aliphatic carbocycles. The Kier molecular flexibility index (Phi) is 4.54. The van der Waals surface area contributed by atoms with E-state index in [1.807, 2.05) is 26.1 Å². The molecule has 1 aliphatic heterocycles. The molecule has 1 fully saturated rings. The largest absolute Gasteiger partial charge is 0.476 e. The van der Waals surface area contributed by atoms with Crippen LogP contribution in [0.15, 0.2) is 24.5 Å². The van der Waals surface area contributed by atoms with E-state index in [0.717, 1.165) is 43.3 Å². The molecule has 0 saturated carbocycles. The Bertz CT molecular complexity index is 696. The van der Waals surface area contributed by atoms with Gasteiger partial charge in [-0.05, 0) is 31.9 Å². The summed E-state index contributed by atoms with van der Waals surface area (Å²) in [5, 5.41) is 17.2. The lowest BCUT2D eigenvalue weighted by Gasteiger charge is -2.37. The molecule has 24 heavy (non-hydrogen) atoms. The maximum Gasteiger partial charge on any atom is 0.356 e. The molecule has 3 rings (SSSR count). The van der Waals surface area contributed by atoms with Crippen LogP contribution in [0.3, 0.4) is 0 Å². The number of anilines is 2. The zero-order valence-electron chi connectivity index (χ0n) is 13.8. The maximum atomic E-state index is 10.8. The molecular weight excluding hydrogens is 308 g/mol. The van der Waals surface area contributed by atoms with Gasteiger partial charge in [-0.25, -0.2) is 14.8 Å². The van der Waals surface area contributed by atoms with Crippen LogP contribution >= 0.6 is 0 Å². The lowest BCUT2D eigenvalue weighted by Crippen LogP contribution is -2.44. The summed E-state index contributed by atoms with van der Waals surface area (Å²) in [5.41, 5.74) is 0.872. The highest BCUT2D eigenvalue weighted by molar-refractivity contribution is 5.84. The van der Waals surface area contributed by atoms with Gasteiger partial charge in [0.2, 0.25) is 0 Å². The number of hydrogen-bond donors (Lipinski definition) is 1. The molecule has 1 saturated heterocycles. The van der Waals surface area contributed by atoms with E-state index in [1.54, 1.807) is 0 Å². The van der Waals surface area contributed by atoms with Crippen LogP contribution in [0, 0.1) is 6.92 Å². The molecule has 0 bridgehead atoms. The van der Waals surface area contributed by atoms with Gasteiger partial charge in [0.05, 0.1) is 18.1 Å². The second kappa shape index (κ2) is 6.77. The minimum atomic E-state index is -1.06. The summed E-state index contributed by atoms with van der Waals surface area (Å²) in [5.74, 6) is 0.537. The van der Waals surface area contributed by atoms with Gasteiger partial charge in [-0.1, -0.05) is 0 Å². The standard InChI is InChI=1S/C16H20N6O2/c1-11-3-4-14(20-19-11)21(2)12-5-7-22(8-6-12)15-10-17-13(9-18-15)16(23)24/h3-4,9-10,12H,5-8H2,1-2H3,(H,23,24). The first-order valence-corrected chi connectivity index (χ1v) is 7.88.